The molecule has 1 amide bonds. The molecule has 0 radical (unpaired) electrons. The van der Waals surface area contributed by atoms with Crippen molar-refractivity contribution in [3.63, 3.8) is 0 Å². The fourth-order valence-electron chi connectivity index (χ4n) is 1.81. The number of nitrogens with zero attached hydrogens (tertiary/aromatic N) is 1. The summed E-state index contributed by atoms with van der Waals surface area (Å²) in [6.07, 6.45) is 0. The molecule has 0 aliphatic heterocycles. The Balaban J connectivity index is 2.21. The number of amides is 1. The summed E-state index contributed by atoms with van der Waals surface area (Å²) in [5.41, 5.74) is 4.58. The number of nitro benzene ring substituents is 1. The SMILES string of the molecule is Cc1cscc1CNC(=O)c1cc(NN)ccc1[N+](=O)[O-]. The van der Waals surface area contributed by atoms with E-state index in [1.807, 2.05) is 17.7 Å². The van der Waals surface area contributed by atoms with Gasteiger partial charge in [-0.2, -0.15) is 11.3 Å². The summed E-state index contributed by atoms with van der Waals surface area (Å²) in [5, 5.41) is 17.6. The van der Waals surface area contributed by atoms with Gasteiger partial charge in [0, 0.05) is 18.3 Å². The Hall–Kier alpha value is -2.45. The maximum Gasteiger partial charge on any atom is 0.282 e. The van der Waals surface area contributed by atoms with E-state index in [0.29, 0.717) is 12.2 Å². The highest BCUT2D eigenvalue weighted by Gasteiger charge is 2.20. The van der Waals surface area contributed by atoms with Crippen LogP contribution in [0.5, 0.6) is 0 Å². The normalized spacial score (nSPS) is 10.2. The number of thiophene rings is 1. The van der Waals surface area contributed by atoms with Gasteiger partial charge in [-0.3, -0.25) is 20.8 Å². The molecule has 0 saturated carbocycles. The largest absolute Gasteiger partial charge is 0.348 e. The maximum atomic E-state index is 12.2. The van der Waals surface area contributed by atoms with E-state index in [1.54, 1.807) is 11.3 Å². The Morgan fingerprint density at radius 1 is 1.43 bits per heavy atom. The molecule has 1 aromatic carbocycles. The van der Waals surface area contributed by atoms with Crippen molar-refractivity contribution in [2.24, 2.45) is 5.84 Å². The minimum Gasteiger partial charge on any atom is -0.348 e. The van der Waals surface area contributed by atoms with Gasteiger partial charge >= 0.3 is 0 Å². The van der Waals surface area contributed by atoms with Gasteiger partial charge in [0.1, 0.15) is 5.56 Å². The molecule has 110 valence electrons. The number of benzene rings is 1. The van der Waals surface area contributed by atoms with Crippen LogP contribution >= 0.6 is 11.3 Å². The lowest BCUT2D eigenvalue weighted by atomic mass is 10.1. The number of aryl methyl sites for hydroxylation is 1. The van der Waals surface area contributed by atoms with Crippen LogP contribution in [0.2, 0.25) is 0 Å². The number of nitrogens with one attached hydrogen (secondary N) is 2. The molecule has 0 aliphatic rings. The molecule has 0 unspecified atom stereocenters. The molecule has 1 heterocycles. The quantitative estimate of drug-likeness (QED) is 0.445. The summed E-state index contributed by atoms with van der Waals surface area (Å²) in [7, 11) is 0. The molecule has 21 heavy (non-hydrogen) atoms. The van der Waals surface area contributed by atoms with Crippen molar-refractivity contribution < 1.29 is 9.72 Å². The van der Waals surface area contributed by atoms with Gasteiger partial charge < -0.3 is 10.7 Å². The molecule has 2 aromatic rings. The molecule has 4 N–H and O–H groups in total. The van der Waals surface area contributed by atoms with Crippen LogP contribution in [0.1, 0.15) is 21.5 Å². The fraction of sp³-hybridized carbons (Fsp3) is 0.154. The zero-order valence-electron chi connectivity index (χ0n) is 11.3. The molecule has 0 spiro atoms. The number of hydrazine groups is 1. The number of nitrogens with two attached hydrogens (primary N) is 1. The third-order valence-corrected chi connectivity index (χ3v) is 3.92. The lowest BCUT2D eigenvalue weighted by Crippen LogP contribution is -2.24. The van der Waals surface area contributed by atoms with Crippen molar-refractivity contribution in [1.29, 1.82) is 0 Å². The first-order chi connectivity index (χ1) is 10.0. The van der Waals surface area contributed by atoms with Crippen molar-refractivity contribution in [3.05, 3.63) is 55.8 Å². The molecule has 7 nitrogen and oxygen atoms in total. The van der Waals surface area contributed by atoms with Crippen LogP contribution in [0.15, 0.2) is 29.0 Å². The summed E-state index contributed by atoms with van der Waals surface area (Å²) in [4.78, 5) is 22.6. The zero-order chi connectivity index (χ0) is 15.4. The second kappa shape index (κ2) is 6.33. The van der Waals surface area contributed by atoms with E-state index in [2.05, 4.69) is 10.7 Å². The molecule has 0 atom stereocenters. The van der Waals surface area contributed by atoms with E-state index in [1.165, 1.54) is 18.2 Å². The van der Waals surface area contributed by atoms with Crippen molar-refractivity contribution in [2.75, 3.05) is 5.43 Å². The van der Waals surface area contributed by atoms with Crippen molar-refractivity contribution in [3.8, 4) is 0 Å². The third kappa shape index (κ3) is 3.36. The van der Waals surface area contributed by atoms with E-state index in [0.717, 1.165) is 11.1 Å². The van der Waals surface area contributed by atoms with Crippen molar-refractivity contribution in [1.82, 2.24) is 5.32 Å². The average Bonchev–Trinajstić information content (AvgIpc) is 2.89. The van der Waals surface area contributed by atoms with E-state index >= 15 is 0 Å². The number of nitrogen functional groups attached to an aromatic ring is 1. The monoisotopic (exact) mass is 306 g/mol. The number of hydrogen-bond acceptors (Lipinski definition) is 6. The first-order valence-electron chi connectivity index (χ1n) is 6.08. The smallest absolute Gasteiger partial charge is 0.282 e. The van der Waals surface area contributed by atoms with Gasteiger partial charge in [0.15, 0.2) is 0 Å². The Morgan fingerprint density at radius 3 is 2.76 bits per heavy atom. The summed E-state index contributed by atoms with van der Waals surface area (Å²) < 4.78 is 0. The summed E-state index contributed by atoms with van der Waals surface area (Å²) in [6, 6.07) is 4.05. The highest BCUT2D eigenvalue weighted by Crippen LogP contribution is 2.22. The summed E-state index contributed by atoms with van der Waals surface area (Å²) in [5.74, 6) is 4.76. The lowest BCUT2D eigenvalue weighted by Gasteiger charge is -2.07. The van der Waals surface area contributed by atoms with E-state index in [9.17, 15) is 14.9 Å². The standard InChI is InChI=1S/C13H14N4O3S/c1-8-6-21-7-9(8)5-15-13(18)11-4-10(16-14)2-3-12(11)17(19)20/h2-4,6-7,16H,5,14H2,1H3,(H,15,18). The van der Waals surface area contributed by atoms with Gasteiger partial charge in [-0.1, -0.05) is 0 Å². The highest BCUT2D eigenvalue weighted by atomic mass is 32.1. The van der Waals surface area contributed by atoms with E-state index in [4.69, 9.17) is 5.84 Å². The predicted octanol–water partition coefficient (Wildman–Crippen LogP) is 2.18. The highest BCUT2D eigenvalue weighted by molar-refractivity contribution is 7.08. The maximum absolute atomic E-state index is 12.2. The van der Waals surface area contributed by atoms with Crippen LogP contribution in [0.4, 0.5) is 11.4 Å². The average molecular weight is 306 g/mol. The number of nitro groups is 1. The lowest BCUT2D eigenvalue weighted by molar-refractivity contribution is -0.385. The van der Waals surface area contributed by atoms with Gasteiger partial charge in [0.05, 0.1) is 4.92 Å². The number of anilines is 1. The summed E-state index contributed by atoms with van der Waals surface area (Å²) >= 11 is 1.54. The van der Waals surface area contributed by atoms with Gasteiger partial charge in [0.25, 0.3) is 11.6 Å². The molecule has 1 aromatic heterocycles. The van der Waals surface area contributed by atoms with Crippen LogP contribution in [-0.2, 0) is 6.54 Å². The Kier molecular flexibility index (Phi) is 4.51. The van der Waals surface area contributed by atoms with Gasteiger partial charge in [-0.05, 0) is 40.9 Å². The number of carbonyl (C=O) groups excluding carboxylic acids is 1. The van der Waals surface area contributed by atoms with Crippen LogP contribution in [0.3, 0.4) is 0 Å². The number of carbonyl (C=O) groups is 1. The Bertz CT molecular complexity index is 684. The second-order valence-electron chi connectivity index (χ2n) is 4.40. The molecular formula is C13H14N4O3S. The van der Waals surface area contributed by atoms with Crippen molar-refractivity contribution >= 4 is 28.6 Å². The van der Waals surface area contributed by atoms with Gasteiger partial charge in [0.2, 0.25) is 0 Å². The van der Waals surface area contributed by atoms with Crippen LogP contribution in [0, 0.1) is 17.0 Å². The number of hydrogen-bond donors (Lipinski definition) is 3. The molecule has 0 aliphatic carbocycles. The molecule has 0 bridgehead atoms. The van der Waals surface area contributed by atoms with Crippen LogP contribution < -0.4 is 16.6 Å². The molecule has 0 fully saturated rings. The minimum absolute atomic E-state index is 0.0247. The topological polar surface area (TPSA) is 110 Å². The molecule has 0 saturated heterocycles. The minimum atomic E-state index is -0.592. The van der Waals surface area contributed by atoms with E-state index in [-0.39, 0.29) is 11.3 Å². The first-order valence-corrected chi connectivity index (χ1v) is 7.02. The number of rotatable bonds is 5. The molecule has 2 rings (SSSR count). The van der Waals surface area contributed by atoms with Crippen LogP contribution in [0.25, 0.3) is 0 Å². The second-order valence-corrected chi connectivity index (χ2v) is 5.14. The third-order valence-electron chi connectivity index (χ3n) is 3.01. The zero-order valence-corrected chi connectivity index (χ0v) is 12.1. The molecular weight excluding hydrogens is 292 g/mol. The van der Waals surface area contributed by atoms with Gasteiger partial charge in [-0.15, -0.1) is 0 Å². The Morgan fingerprint density at radius 2 is 2.19 bits per heavy atom. The summed E-state index contributed by atoms with van der Waals surface area (Å²) in [6.45, 7) is 2.27. The van der Waals surface area contributed by atoms with Gasteiger partial charge in [-0.25, -0.2) is 0 Å². The fourth-order valence-corrected chi connectivity index (χ4v) is 2.66. The Labute approximate surface area is 124 Å². The van der Waals surface area contributed by atoms with Crippen molar-refractivity contribution in [2.45, 2.75) is 13.5 Å². The van der Waals surface area contributed by atoms with Crippen LogP contribution in [-0.4, -0.2) is 10.8 Å². The first kappa shape index (κ1) is 14.9. The van der Waals surface area contributed by atoms with E-state index < -0.39 is 10.8 Å². The predicted molar refractivity (Wildman–Crippen MR) is 81.1 cm³/mol. The molecule has 8 heteroatoms.